The summed E-state index contributed by atoms with van der Waals surface area (Å²) in [5.41, 5.74) is 0. The molecule has 0 bridgehead atoms. The summed E-state index contributed by atoms with van der Waals surface area (Å²) in [5.74, 6) is 0. The van der Waals surface area contributed by atoms with Gasteiger partial charge < -0.3 is 0 Å². The van der Waals surface area contributed by atoms with Crippen molar-refractivity contribution in [1.29, 1.82) is 0 Å². The van der Waals surface area contributed by atoms with Gasteiger partial charge in [0.1, 0.15) is 0 Å². The Morgan fingerprint density at radius 2 is 2.14 bits per heavy atom. The van der Waals surface area contributed by atoms with Gasteiger partial charge >= 0.3 is 51.4 Å². The summed E-state index contributed by atoms with van der Waals surface area (Å²) in [5, 5.41) is 0. The minimum absolute atomic E-state index is 0. The van der Waals surface area contributed by atoms with Crippen LogP contribution in [-0.2, 0) is 0 Å². The van der Waals surface area contributed by atoms with Gasteiger partial charge in [-0.1, -0.05) is 31.7 Å². The molecule has 0 unspecified atom stereocenters. The van der Waals surface area contributed by atoms with Crippen LogP contribution in [0.25, 0.3) is 0 Å². The Bertz CT molecular complexity index is 55.2. The first-order valence-corrected chi connectivity index (χ1v) is 2.19. The molecule has 0 atom stereocenters. The van der Waals surface area contributed by atoms with Gasteiger partial charge in [-0.05, 0) is 6.42 Å². The molecule has 0 heterocycles. The first kappa shape index (κ1) is 11.0. The molecule has 0 amide bonds. The van der Waals surface area contributed by atoms with Gasteiger partial charge in [0.25, 0.3) is 0 Å². The molecule has 0 aliphatic carbocycles. The SMILES string of the molecule is C=C/C=C/CC.[KH]. The van der Waals surface area contributed by atoms with Crippen LogP contribution in [0.15, 0.2) is 24.8 Å². The zero-order chi connectivity index (χ0) is 4.83. The Morgan fingerprint density at radius 3 is 2.29 bits per heavy atom. The molecule has 0 nitrogen and oxygen atoms in total. The predicted molar refractivity (Wildman–Crippen MR) is 36.8 cm³/mol. The maximum atomic E-state index is 3.51. The summed E-state index contributed by atoms with van der Waals surface area (Å²) in [7, 11) is 0. The van der Waals surface area contributed by atoms with Crippen LogP contribution in [0.4, 0.5) is 0 Å². The van der Waals surface area contributed by atoms with E-state index >= 15 is 0 Å². The third-order valence-electron chi connectivity index (χ3n) is 0.508. The van der Waals surface area contributed by atoms with E-state index in [-0.39, 0.29) is 51.4 Å². The Balaban J connectivity index is 0. The normalized spacial score (nSPS) is 8.14. The second-order valence-electron chi connectivity index (χ2n) is 1.07. The van der Waals surface area contributed by atoms with Crippen LogP contribution in [-0.4, -0.2) is 51.4 Å². The van der Waals surface area contributed by atoms with E-state index in [0.29, 0.717) is 0 Å². The van der Waals surface area contributed by atoms with Crippen molar-refractivity contribution in [3.05, 3.63) is 24.8 Å². The van der Waals surface area contributed by atoms with Crippen molar-refractivity contribution in [3.8, 4) is 0 Å². The first-order valence-electron chi connectivity index (χ1n) is 2.19. The van der Waals surface area contributed by atoms with Crippen LogP contribution < -0.4 is 0 Å². The summed E-state index contributed by atoms with van der Waals surface area (Å²) in [4.78, 5) is 0. The molecule has 0 saturated carbocycles. The molecule has 0 aromatic rings. The molecule has 0 aromatic heterocycles. The van der Waals surface area contributed by atoms with Gasteiger partial charge in [0.2, 0.25) is 0 Å². The van der Waals surface area contributed by atoms with Crippen LogP contribution in [0, 0.1) is 0 Å². The summed E-state index contributed by atoms with van der Waals surface area (Å²) in [6, 6.07) is 0. The second-order valence-corrected chi connectivity index (χ2v) is 1.07. The van der Waals surface area contributed by atoms with E-state index < -0.39 is 0 Å². The second kappa shape index (κ2) is 10.2. The fraction of sp³-hybridized carbons (Fsp3) is 0.333. The average molecular weight is 122 g/mol. The van der Waals surface area contributed by atoms with E-state index in [9.17, 15) is 0 Å². The van der Waals surface area contributed by atoms with Gasteiger partial charge in [-0.15, -0.1) is 0 Å². The standard InChI is InChI=1S/C6H10.K.H/c1-3-5-6-4-2;;/h3,5-6H,1,4H2,2H3;;/b6-5+;;. The van der Waals surface area contributed by atoms with Crippen molar-refractivity contribution in [2.75, 3.05) is 0 Å². The van der Waals surface area contributed by atoms with E-state index in [1.165, 1.54) is 0 Å². The minimum atomic E-state index is 0. The van der Waals surface area contributed by atoms with Crippen molar-refractivity contribution in [2.45, 2.75) is 13.3 Å². The molecule has 1 heteroatoms. The van der Waals surface area contributed by atoms with Crippen molar-refractivity contribution in [3.63, 3.8) is 0 Å². The molecular weight excluding hydrogens is 111 g/mol. The zero-order valence-electron chi connectivity index (χ0n) is 4.15. The van der Waals surface area contributed by atoms with Gasteiger partial charge in [0.05, 0.1) is 0 Å². The summed E-state index contributed by atoms with van der Waals surface area (Å²) >= 11 is 0. The van der Waals surface area contributed by atoms with E-state index in [0.717, 1.165) is 6.42 Å². The van der Waals surface area contributed by atoms with Gasteiger partial charge in [-0.2, -0.15) is 0 Å². The van der Waals surface area contributed by atoms with Crippen LogP contribution >= 0.6 is 0 Å². The maximum absolute atomic E-state index is 3.51. The van der Waals surface area contributed by atoms with Gasteiger partial charge in [0.15, 0.2) is 0 Å². The third-order valence-corrected chi connectivity index (χ3v) is 0.508. The monoisotopic (exact) mass is 122 g/mol. The first-order chi connectivity index (χ1) is 2.91. The fourth-order valence-corrected chi connectivity index (χ4v) is 0.232. The average Bonchev–Trinajstić information content (AvgIpc) is 1.61. The molecule has 0 aliphatic heterocycles. The molecule has 0 radical (unpaired) electrons. The third kappa shape index (κ3) is 11.0. The summed E-state index contributed by atoms with van der Waals surface area (Å²) in [6.07, 6.45) is 6.89. The van der Waals surface area contributed by atoms with E-state index in [1.54, 1.807) is 6.08 Å². The van der Waals surface area contributed by atoms with Gasteiger partial charge in [0, 0.05) is 0 Å². The van der Waals surface area contributed by atoms with E-state index in [2.05, 4.69) is 19.6 Å². The Morgan fingerprint density at radius 1 is 1.57 bits per heavy atom. The number of allylic oxidation sites excluding steroid dienone is 3. The molecule has 0 saturated heterocycles. The topological polar surface area (TPSA) is 0 Å². The van der Waals surface area contributed by atoms with Crippen LogP contribution in [0.3, 0.4) is 0 Å². The molecule has 0 aromatic carbocycles. The molecule has 0 fully saturated rings. The molecule has 0 N–H and O–H groups in total. The fourth-order valence-electron chi connectivity index (χ4n) is 0.232. The zero-order valence-corrected chi connectivity index (χ0v) is 4.15. The van der Waals surface area contributed by atoms with E-state index in [4.69, 9.17) is 0 Å². The Kier molecular flexibility index (Phi) is 16.0. The predicted octanol–water partition coefficient (Wildman–Crippen LogP) is 1.49. The quantitative estimate of drug-likeness (QED) is 0.384. The van der Waals surface area contributed by atoms with Crippen LogP contribution in [0.2, 0.25) is 0 Å². The molecule has 36 valence electrons. The Labute approximate surface area is 88.1 Å². The van der Waals surface area contributed by atoms with Crippen molar-refractivity contribution < 1.29 is 0 Å². The molecule has 0 aliphatic rings. The van der Waals surface area contributed by atoms with Crippen molar-refractivity contribution in [1.82, 2.24) is 0 Å². The number of hydrogen-bond acceptors (Lipinski definition) is 0. The molecule has 0 rings (SSSR count). The van der Waals surface area contributed by atoms with Crippen molar-refractivity contribution in [2.24, 2.45) is 0 Å². The van der Waals surface area contributed by atoms with Crippen LogP contribution in [0.1, 0.15) is 13.3 Å². The molecule has 0 spiro atoms. The summed E-state index contributed by atoms with van der Waals surface area (Å²) in [6.45, 7) is 5.61. The number of rotatable bonds is 2. The Hall–Kier alpha value is 1.12. The van der Waals surface area contributed by atoms with Crippen LogP contribution in [0.5, 0.6) is 0 Å². The molecular formula is C6H11K. The molecule has 7 heavy (non-hydrogen) atoms. The van der Waals surface area contributed by atoms with E-state index in [1.807, 2.05) is 6.08 Å². The number of hydrogen-bond donors (Lipinski definition) is 0. The summed E-state index contributed by atoms with van der Waals surface area (Å²) < 4.78 is 0. The van der Waals surface area contributed by atoms with Crippen molar-refractivity contribution >= 4 is 51.4 Å². The van der Waals surface area contributed by atoms with Gasteiger partial charge in [-0.3, -0.25) is 0 Å². The van der Waals surface area contributed by atoms with Gasteiger partial charge in [-0.25, -0.2) is 0 Å².